The quantitative estimate of drug-likeness (QED) is 0.0681. The molecule has 2 aromatic rings. The molecule has 9 heteroatoms. The molecule has 2 aromatic carbocycles. The third-order valence-electron chi connectivity index (χ3n) is 6.58. The van der Waals surface area contributed by atoms with Crippen molar-refractivity contribution in [2.45, 2.75) is 110 Å². The molecule has 0 unspecified atom stereocenters. The lowest BCUT2D eigenvalue weighted by molar-refractivity contribution is 0.255. The minimum atomic E-state index is -4.49. The van der Waals surface area contributed by atoms with Gasteiger partial charge in [0.25, 0.3) is 0 Å². The maximum Gasteiger partial charge on any atom is 0.426 e. The highest BCUT2D eigenvalue weighted by molar-refractivity contribution is 7.80. The van der Waals surface area contributed by atoms with Crippen LogP contribution in [0.4, 0.5) is 17.1 Å². The van der Waals surface area contributed by atoms with Crippen LogP contribution in [-0.4, -0.2) is 26.7 Å². The van der Waals surface area contributed by atoms with E-state index in [9.17, 15) is 13.0 Å². The van der Waals surface area contributed by atoms with Crippen LogP contribution in [0.15, 0.2) is 48.5 Å². The number of diazo groups is 1. The predicted octanol–water partition coefficient (Wildman–Crippen LogP) is 9.65. The van der Waals surface area contributed by atoms with E-state index in [2.05, 4.69) is 21.4 Å². The first-order valence-corrected chi connectivity index (χ1v) is 16.2. The van der Waals surface area contributed by atoms with Crippen molar-refractivity contribution in [1.29, 1.82) is 5.39 Å². The molecule has 0 bridgehead atoms. The molecule has 40 heavy (non-hydrogen) atoms. The maximum atomic E-state index is 10.2. The van der Waals surface area contributed by atoms with Crippen molar-refractivity contribution in [2.24, 2.45) is 0 Å². The van der Waals surface area contributed by atoms with Crippen molar-refractivity contribution in [3.63, 3.8) is 0 Å². The Balaban J connectivity index is 0.000000415. The van der Waals surface area contributed by atoms with Crippen molar-refractivity contribution < 1.29 is 21.9 Å². The topological polar surface area (TPSA) is 116 Å². The second-order valence-electron chi connectivity index (χ2n) is 10.0. The van der Waals surface area contributed by atoms with Crippen molar-refractivity contribution in [3.05, 3.63) is 53.5 Å². The Morgan fingerprint density at radius 1 is 0.750 bits per heavy atom. The van der Waals surface area contributed by atoms with Gasteiger partial charge < -0.3 is 14.6 Å². The Hall–Kier alpha value is -2.67. The van der Waals surface area contributed by atoms with E-state index in [1.807, 2.05) is 36.4 Å². The van der Waals surface area contributed by atoms with Crippen molar-refractivity contribution in [2.75, 3.05) is 19.0 Å². The summed E-state index contributed by atoms with van der Waals surface area (Å²) in [5.41, 5.74) is 2.27. The summed E-state index contributed by atoms with van der Waals surface area (Å²) in [5, 5.41) is 12.0. The summed E-state index contributed by atoms with van der Waals surface area (Å²) in [6.07, 6.45) is 20.3. The van der Waals surface area contributed by atoms with Crippen LogP contribution in [0.1, 0.15) is 110 Å². The number of hydrogen-bond donors (Lipinski definition) is 1. The highest BCUT2D eigenvalue weighted by Crippen LogP contribution is 2.31. The first-order chi connectivity index (χ1) is 19.4. The van der Waals surface area contributed by atoms with Gasteiger partial charge in [-0.05, 0) is 24.6 Å². The second kappa shape index (κ2) is 23.1. The molecule has 1 N–H and O–H groups in total. The molecule has 0 amide bonds. The molecule has 2 rings (SSSR count). The molecule has 224 valence electrons. The lowest BCUT2D eigenvalue weighted by Crippen LogP contribution is -2.05. The van der Waals surface area contributed by atoms with Crippen molar-refractivity contribution >= 4 is 27.5 Å². The first-order valence-electron chi connectivity index (χ1n) is 14.8. The van der Waals surface area contributed by atoms with Crippen LogP contribution in [-0.2, 0) is 14.6 Å². The maximum absolute atomic E-state index is 10.2. The number of rotatable bonds is 21. The number of unbranched alkanes of at least 4 members (excludes halogenated alkanes) is 15. The van der Waals surface area contributed by atoms with Crippen LogP contribution in [0.3, 0.4) is 0 Å². The fourth-order valence-electron chi connectivity index (χ4n) is 4.34. The van der Waals surface area contributed by atoms with Crippen LogP contribution < -0.4 is 10.1 Å². The van der Waals surface area contributed by atoms with Gasteiger partial charge in [-0.1, -0.05) is 121 Å². The third-order valence-corrected chi connectivity index (χ3v) is 7.03. The van der Waals surface area contributed by atoms with Crippen LogP contribution in [0.5, 0.6) is 5.75 Å². The minimum Gasteiger partial charge on any atom is -0.726 e. The number of anilines is 2. The monoisotopic (exact) mass is 575 g/mol. The van der Waals surface area contributed by atoms with Crippen LogP contribution in [0.25, 0.3) is 4.98 Å². The molecular formula is C31H49N3O5S. The smallest absolute Gasteiger partial charge is 0.426 e. The molecule has 0 aliphatic carbocycles. The largest absolute Gasteiger partial charge is 0.726 e. The van der Waals surface area contributed by atoms with E-state index in [0.717, 1.165) is 24.2 Å². The molecule has 0 spiro atoms. The molecule has 0 saturated heterocycles. The van der Waals surface area contributed by atoms with Crippen molar-refractivity contribution in [3.8, 4) is 5.75 Å². The van der Waals surface area contributed by atoms with Crippen LogP contribution >= 0.6 is 0 Å². The summed E-state index contributed by atoms with van der Waals surface area (Å²) in [4.78, 5) is 3.14. The summed E-state index contributed by atoms with van der Waals surface area (Å²) >= 11 is 0. The van der Waals surface area contributed by atoms with E-state index in [1.54, 1.807) is 12.1 Å². The lowest BCUT2D eigenvalue weighted by atomic mass is 10.0. The molecule has 0 saturated carbocycles. The number of hydrogen-bond acceptors (Lipinski definition) is 7. The number of ether oxygens (including phenoxy) is 1. The average Bonchev–Trinajstić information content (AvgIpc) is 2.95. The zero-order valence-corrected chi connectivity index (χ0v) is 25.3. The molecule has 0 aliphatic rings. The summed E-state index contributed by atoms with van der Waals surface area (Å²) in [6, 6.07) is 15.1. The molecule has 0 atom stereocenters. The fraction of sp³-hybridized carbons (Fsp3) is 0.613. The molecule has 0 heterocycles. The molecule has 0 fully saturated rings. The van der Waals surface area contributed by atoms with Gasteiger partial charge in [-0.15, -0.1) is 0 Å². The number of para-hydroxylation sites is 1. The van der Waals surface area contributed by atoms with E-state index < -0.39 is 10.4 Å². The van der Waals surface area contributed by atoms with Gasteiger partial charge in [-0.3, -0.25) is 4.18 Å². The SMILES string of the molecule is CCCCCCCCCCCCCCCCCCOS(=O)(=O)[O-].COc1cc(Nc2ccccc2)ccc1[N+]#N. The highest BCUT2D eigenvalue weighted by atomic mass is 32.3. The standard InChI is InChI=1S/C18H38O4S.C13H12N3O/c1-2-3-4-5-6-7-8-9-10-11-12-13-14-15-16-17-18-22-23(19,20)21;1-17-13-9-11(7-8-12(13)16-14)15-10-5-3-2-4-6-10/h2-18H2,1H3,(H,19,20,21);2-9,15H,1H3/q;+1/p-1. The Morgan fingerprint density at radius 3 is 1.70 bits per heavy atom. The van der Waals surface area contributed by atoms with Gasteiger partial charge in [0.05, 0.1) is 13.7 Å². The van der Waals surface area contributed by atoms with Gasteiger partial charge in [-0.2, -0.15) is 0 Å². The van der Waals surface area contributed by atoms with Crippen LogP contribution in [0.2, 0.25) is 0 Å². The van der Waals surface area contributed by atoms with E-state index in [0.29, 0.717) is 17.9 Å². The highest BCUT2D eigenvalue weighted by Gasteiger charge is 2.14. The van der Waals surface area contributed by atoms with E-state index in [4.69, 9.17) is 10.1 Å². The normalized spacial score (nSPS) is 10.8. The molecular weight excluding hydrogens is 526 g/mol. The number of nitrogens with one attached hydrogen (secondary N) is 1. The first kappa shape index (κ1) is 35.4. The van der Waals surface area contributed by atoms with Gasteiger partial charge in [0, 0.05) is 23.5 Å². The zero-order chi connectivity index (χ0) is 29.3. The van der Waals surface area contributed by atoms with E-state index in [1.165, 1.54) is 90.6 Å². The number of methoxy groups -OCH3 is 1. The third kappa shape index (κ3) is 19.4. The second-order valence-corrected chi connectivity index (χ2v) is 11.1. The van der Waals surface area contributed by atoms with E-state index >= 15 is 0 Å². The van der Waals surface area contributed by atoms with Gasteiger partial charge in [0.1, 0.15) is 0 Å². The average molecular weight is 576 g/mol. The predicted molar refractivity (Wildman–Crippen MR) is 163 cm³/mol. The van der Waals surface area contributed by atoms with Crippen molar-refractivity contribution in [1.82, 2.24) is 0 Å². The Morgan fingerprint density at radius 2 is 1.25 bits per heavy atom. The van der Waals surface area contributed by atoms with Gasteiger partial charge in [0.2, 0.25) is 21.5 Å². The Kier molecular flexibility index (Phi) is 20.4. The molecule has 0 radical (unpaired) electrons. The summed E-state index contributed by atoms with van der Waals surface area (Å²) in [7, 11) is -2.96. The minimum absolute atomic E-state index is 0.0320. The summed E-state index contributed by atoms with van der Waals surface area (Å²) in [6.45, 7) is 2.29. The Labute approximate surface area is 242 Å². The van der Waals surface area contributed by atoms with Gasteiger partial charge in [0.15, 0.2) is 4.98 Å². The fourth-order valence-corrected chi connectivity index (χ4v) is 4.66. The molecule has 0 aromatic heterocycles. The zero-order valence-electron chi connectivity index (χ0n) is 24.5. The molecule has 0 aliphatic heterocycles. The lowest BCUT2D eigenvalue weighted by Gasteiger charge is -2.07. The number of nitrogens with zero attached hydrogens (tertiary/aromatic N) is 2. The molecule has 8 nitrogen and oxygen atoms in total. The summed E-state index contributed by atoms with van der Waals surface area (Å²) < 4.78 is 39.9. The number of benzene rings is 2. The van der Waals surface area contributed by atoms with Gasteiger partial charge >= 0.3 is 5.69 Å². The van der Waals surface area contributed by atoms with Gasteiger partial charge in [-0.25, -0.2) is 8.42 Å². The van der Waals surface area contributed by atoms with Crippen LogP contribution in [0, 0.1) is 5.39 Å². The Bertz CT molecular complexity index is 1040. The summed E-state index contributed by atoms with van der Waals surface area (Å²) in [5.74, 6) is 0.522. The van der Waals surface area contributed by atoms with E-state index in [-0.39, 0.29) is 6.61 Å².